The Labute approximate surface area is 135 Å². The summed E-state index contributed by atoms with van der Waals surface area (Å²) in [6.45, 7) is 6.77. The summed E-state index contributed by atoms with van der Waals surface area (Å²) in [6.07, 6.45) is 3.27. The third-order valence-corrected chi connectivity index (χ3v) is 4.29. The average molecular weight is 311 g/mol. The minimum absolute atomic E-state index is 0.000833. The molecular weight excluding hydrogens is 290 g/mol. The van der Waals surface area contributed by atoms with Crippen molar-refractivity contribution in [1.29, 1.82) is 0 Å². The van der Waals surface area contributed by atoms with Crippen LogP contribution in [-0.2, 0) is 6.54 Å². The number of hydrogen-bond donors (Lipinski definition) is 1. The van der Waals surface area contributed by atoms with E-state index in [0.717, 1.165) is 16.8 Å². The molecule has 0 radical (unpaired) electrons. The molecule has 1 atom stereocenters. The Hall–Kier alpha value is -2.56. The first-order chi connectivity index (χ1) is 11.1. The number of nitrogens with one attached hydrogen (secondary N) is 1. The maximum Gasteiger partial charge on any atom is 0.254 e. The van der Waals surface area contributed by atoms with Crippen LogP contribution in [-0.4, -0.2) is 26.8 Å². The quantitative estimate of drug-likeness (QED) is 0.778. The number of aromatic nitrogens is 2. The average Bonchev–Trinajstić information content (AvgIpc) is 3.21. The lowest BCUT2D eigenvalue weighted by Crippen LogP contribution is -2.40. The lowest BCUT2D eigenvalue weighted by atomic mass is 10.0. The van der Waals surface area contributed by atoms with Crippen molar-refractivity contribution in [3.05, 3.63) is 54.2 Å². The molecule has 2 aromatic heterocycles. The van der Waals surface area contributed by atoms with Crippen LogP contribution in [0.5, 0.6) is 0 Å². The fraction of sp³-hybridized carbons (Fsp3) is 0.333. The summed E-state index contributed by atoms with van der Waals surface area (Å²) in [6, 6.07) is 9.38. The first-order valence-corrected chi connectivity index (χ1v) is 7.82. The number of benzene rings is 1. The highest BCUT2D eigenvalue weighted by atomic mass is 16.3. The second-order valence-corrected chi connectivity index (χ2v) is 6.13. The van der Waals surface area contributed by atoms with Crippen molar-refractivity contribution in [3.63, 3.8) is 0 Å². The van der Waals surface area contributed by atoms with Crippen molar-refractivity contribution in [1.82, 2.24) is 14.9 Å². The van der Waals surface area contributed by atoms with E-state index in [4.69, 9.17) is 4.42 Å². The van der Waals surface area contributed by atoms with Gasteiger partial charge >= 0.3 is 0 Å². The molecule has 0 aliphatic heterocycles. The van der Waals surface area contributed by atoms with Crippen molar-refractivity contribution >= 4 is 16.9 Å². The minimum atomic E-state index is -0.000833. The van der Waals surface area contributed by atoms with Gasteiger partial charge in [0.05, 0.1) is 30.2 Å². The van der Waals surface area contributed by atoms with Crippen LogP contribution in [0.2, 0.25) is 0 Å². The number of fused-ring (bicyclic) bond motifs is 1. The number of imidazole rings is 1. The summed E-state index contributed by atoms with van der Waals surface area (Å²) in [7, 11) is 0. The molecule has 2 heterocycles. The van der Waals surface area contributed by atoms with E-state index in [2.05, 4.69) is 30.7 Å². The molecule has 1 aromatic carbocycles. The molecule has 1 amide bonds. The maximum atomic E-state index is 13.0. The van der Waals surface area contributed by atoms with Crippen LogP contribution >= 0.6 is 0 Å². The minimum Gasteiger partial charge on any atom is -0.467 e. The Morgan fingerprint density at radius 2 is 2.13 bits per heavy atom. The normalized spacial score (nSPS) is 12.7. The van der Waals surface area contributed by atoms with Gasteiger partial charge in [-0.2, -0.15) is 0 Å². The molecule has 0 aliphatic carbocycles. The van der Waals surface area contributed by atoms with E-state index in [1.165, 1.54) is 0 Å². The number of carbonyl (C=O) groups is 1. The van der Waals surface area contributed by atoms with Gasteiger partial charge in [-0.1, -0.05) is 13.8 Å². The van der Waals surface area contributed by atoms with E-state index in [1.807, 2.05) is 35.2 Å². The third-order valence-electron chi connectivity index (χ3n) is 4.29. The van der Waals surface area contributed by atoms with Crippen LogP contribution in [0.15, 0.2) is 47.3 Å². The first-order valence-electron chi connectivity index (χ1n) is 7.82. The molecule has 0 saturated carbocycles. The van der Waals surface area contributed by atoms with Gasteiger partial charge in [-0.15, -0.1) is 0 Å². The van der Waals surface area contributed by atoms with Gasteiger partial charge in [-0.05, 0) is 43.2 Å². The maximum absolute atomic E-state index is 13.0. The highest BCUT2D eigenvalue weighted by molar-refractivity contribution is 5.97. The summed E-state index contributed by atoms with van der Waals surface area (Å²) < 4.78 is 5.43. The van der Waals surface area contributed by atoms with Crippen LogP contribution in [0.3, 0.4) is 0 Å². The number of rotatable bonds is 5. The molecule has 1 N–H and O–H groups in total. The van der Waals surface area contributed by atoms with E-state index < -0.39 is 0 Å². The SMILES string of the molecule is CC(C)[C@@H](C)N(Cc1ccco1)C(=O)c1ccc2nc[nH]c2c1. The van der Waals surface area contributed by atoms with Gasteiger partial charge in [0.1, 0.15) is 5.76 Å². The molecular formula is C18H21N3O2. The molecule has 23 heavy (non-hydrogen) atoms. The van der Waals surface area contributed by atoms with Gasteiger partial charge in [0, 0.05) is 11.6 Å². The highest BCUT2D eigenvalue weighted by Gasteiger charge is 2.25. The van der Waals surface area contributed by atoms with Crippen LogP contribution < -0.4 is 0 Å². The number of aromatic amines is 1. The summed E-state index contributed by atoms with van der Waals surface area (Å²) in [4.78, 5) is 22.1. The van der Waals surface area contributed by atoms with Crippen molar-refractivity contribution in [2.45, 2.75) is 33.4 Å². The summed E-state index contributed by atoms with van der Waals surface area (Å²) in [5.41, 5.74) is 2.38. The number of H-pyrrole nitrogens is 1. The summed E-state index contributed by atoms with van der Waals surface area (Å²) >= 11 is 0. The smallest absolute Gasteiger partial charge is 0.254 e. The monoisotopic (exact) mass is 311 g/mol. The Kier molecular flexibility index (Phi) is 4.19. The fourth-order valence-electron chi connectivity index (χ4n) is 2.57. The van der Waals surface area contributed by atoms with Crippen LogP contribution in [0.4, 0.5) is 0 Å². The van der Waals surface area contributed by atoms with Gasteiger partial charge in [0.2, 0.25) is 0 Å². The molecule has 0 aliphatic rings. The van der Waals surface area contributed by atoms with Gasteiger partial charge in [0.15, 0.2) is 0 Å². The molecule has 0 spiro atoms. The predicted molar refractivity (Wildman–Crippen MR) is 89.0 cm³/mol. The van der Waals surface area contributed by atoms with Crippen LogP contribution in [0, 0.1) is 5.92 Å². The topological polar surface area (TPSA) is 62.1 Å². The van der Waals surface area contributed by atoms with Gasteiger partial charge in [0.25, 0.3) is 5.91 Å². The lowest BCUT2D eigenvalue weighted by Gasteiger charge is -2.31. The molecule has 0 saturated heterocycles. The van der Waals surface area contributed by atoms with Crippen molar-refractivity contribution < 1.29 is 9.21 Å². The van der Waals surface area contributed by atoms with Crippen molar-refractivity contribution in [2.75, 3.05) is 0 Å². The van der Waals surface area contributed by atoms with E-state index in [1.54, 1.807) is 12.6 Å². The van der Waals surface area contributed by atoms with E-state index in [0.29, 0.717) is 18.0 Å². The zero-order valence-corrected chi connectivity index (χ0v) is 13.6. The Bertz CT molecular complexity index is 790. The second kappa shape index (κ2) is 6.28. The standard InChI is InChI=1S/C18H21N3O2/c1-12(2)13(3)21(10-15-5-4-8-23-15)18(22)14-6-7-16-17(9-14)20-11-19-16/h4-9,11-13H,10H2,1-3H3,(H,19,20)/t13-/m1/s1. The molecule has 3 aromatic rings. The van der Waals surface area contributed by atoms with Crippen LogP contribution in [0.1, 0.15) is 36.9 Å². The van der Waals surface area contributed by atoms with Gasteiger partial charge in [-0.3, -0.25) is 4.79 Å². The second-order valence-electron chi connectivity index (χ2n) is 6.13. The zero-order chi connectivity index (χ0) is 16.4. The molecule has 5 nitrogen and oxygen atoms in total. The molecule has 0 fully saturated rings. The summed E-state index contributed by atoms with van der Waals surface area (Å²) in [5.74, 6) is 1.14. The molecule has 5 heteroatoms. The number of amides is 1. The predicted octanol–water partition coefficient (Wildman–Crippen LogP) is 3.84. The van der Waals surface area contributed by atoms with Crippen molar-refractivity contribution in [3.8, 4) is 0 Å². The number of furan rings is 1. The van der Waals surface area contributed by atoms with E-state index in [-0.39, 0.29) is 11.9 Å². The lowest BCUT2D eigenvalue weighted by molar-refractivity contribution is 0.0611. The van der Waals surface area contributed by atoms with Crippen LogP contribution in [0.25, 0.3) is 11.0 Å². The molecule has 0 bridgehead atoms. The first kappa shape index (κ1) is 15.3. The molecule has 0 unspecified atom stereocenters. The summed E-state index contributed by atoms with van der Waals surface area (Å²) in [5, 5.41) is 0. The largest absolute Gasteiger partial charge is 0.467 e. The highest BCUT2D eigenvalue weighted by Crippen LogP contribution is 2.20. The fourth-order valence-corrected chi connectivity index (χ4v) is 2.57. The Morgan fingerprint density at radius 1 is 1.30 bits per heavy atom. The number of nitrogens with zero attached hydrogens (tertiary/aromatic N) is 2. The molecule has 120 valence electrons. The Morgan fingerprint density at radius 3 is 2.83 bits per heavy atom. The van der Waals surface area contributed by atoms with Crippen molar-refractivity contribution in [2.24, 2.45) is 5.92 Å². The van der Waals surface area contributed by atoms with Gasteiger partial charge < -0.3 is 14.3 Å². The third kappa shape index (κ3) is 3.13. The molecule has 3 rings (SSSR count). The number of carbonyl (C=O) groups excluding carboxylic acids is 1. The number of hydrogen-bond acceptors (Lipinski definition) is 3. The van der Waals surface area contributed by atoms with Gasteiger partial charge in [-0.25, -0.2) is 4.98 Å². The van der Waals surface area contributed by atoms with E-state index in [9.17, 15) is 4.79 Å². The Balaban J connectivity index is 1.92. The van der Waals surface area contributed by atoms with E-state index >= 15 is 0 Å². The zero-order valence-electron chi connectivity index (χ0n) is 13.6.